The number of aromatic nitrogens is 3. The van der Waals surface area contributed by atoms with Gasteiger partial charge in [-0.2, -0.15) is 0 Å². The number of fused-ring (bicyclic) bond motifs is 1. The van der Waals surface area contributed by atoms with Gasteiger partial charge in [0.05, 0.1) is 27.7 Å². The van der Waals surface area contributed by atoms with Crippen molar-refractivity contribution in [3.8, 4) is 5.69 Å². The van der Waals surface area contributed by atoms with E-state index in [1.807, 2.05) is 20.8 Å². The Labute approximate surface area is 242 Å². The zero-order valence-corrected chi connectivity index (χ0v) is 24.7. The highest BCUT2D eigenvalue weighted by molar-refractivity contribution is 6.35. The molecule has 216 valence electrons. The molecule has 2 heterocycles. The Morgan fingerprint density at radius 2 is 1.73 bits per heavy atom. The van der Waals surface area contributed by atoms with Gasteiger partial charge in [-0.05, 0) is 58.0 Å². The van der Waals surface area contributed by atoms with Crippen LogP contribution in [0, 0.1) is 0 Å². The Hall–Kier alpha value is -4.38. The topological polar surface area (TPSA) is 143 Å². The Balaban J connectivity index is 1.77. The van der Waals surface area contributed by atoms with Gasteiger partial charge in [-0.1, -0.05) is 49.7 Å². The van der Waals surface area contributed by atoms with Gasteiger partial charge in [0.1, 0.15) is 11.6 Å². The third kappa shape index (κ3) is 6.19. The molecular formula is C29H33ClN6O5. The van der Waals surface area contributed by atoms with Crippen molar-refractivity contribution in [2.45, 2.75) is 65.5 Å². The van der Waals surface area contributed by atoms with E-state index in [9.17, 15) is 19.5 Å². The minimum Gasteiger partial charge on any atom is -0.465 e. The summed E-state index contributed by atoms with van der Waals surface area (Å²) in [4.78, 5) is 44.9. The number of carbonyl (C=O) groups is 2. The minimum atomic E-state index is -1.16. The number of carbonyl (C=O) groups excluding carboxylic acids is 1. The van der Waals surface area contributed by atoms with Crippen molar-refractivity contribution in [3.05, 3.63) is 75.5 Å². The van der Waals surface area contributed by atoms with Crippen LogP contribution in [0.3, 0.4) is 0 Å². The second-order valence-electron chi connectivity index (χ2n) is 11.7. The second kappa shape index (κ2) is 10.9. The molecule has 0 bridgehead atoms. The van der Waals surface area contributed by atoms with Crippen LogP contribution in [-0.4, -0.2) is 42.4 Å². The summed E-state index contributed by atoms with van der Waals surface area (Å²) in [6.45, 7) is 12.9. The van der Waals surface area contributed by atoms with Gasteiger partial charge < -0.3 is 14.9 Å². The number of urea groups is 1. The molecule has 0 aliphatic rings. The maximum absolute atomic E-state index is 13.9. The maximum Gasteiger partial charge on any atom is 0.408 e. The van der Waals surface area contributed by atoms with E-state index in [1.165, 1.54) is 9.47 Å². The number of anilines is 2. The highest BCUT2D eigenvalue weighted by Gasteiger charge is 2.34. The van der Waals surface area contributed by atoms with Crippen LogP contribution in [0.1, 0.15) is 66.1 Å². The van der Waals surface area contributed by atoms with Crippen LogP contribution in [0.25, 0.3) is 16.6 Å². The van der Waals surface area contributed by atoms with E-state index in [0.29, 0.717) is 22.7 Å². The Bertz CT molecular complexity index is 1680. The zero-order valence-electron chi connectivity index (χ0n) is 23.9. The molecule has 0 spiro atoms. The van der Waals surface area contributed by atoms with Crippen molar-refractivity contribution in [1.29, 1.82) is 0 Å². The first-order valence-electron chi connectivity index (χ1n) is 13.0. The number of carboxylic acid groups (broad SMARTS) is 1. The third-order valence-corrected chi connectivity index (χ3v) is 6.73. The molecule has 11 nitrogen and oxygen atoms in total. The predicted molar refractivity (Wildman–Crippen MR) is 158 cm³/mol. The van der Waals surface area contributed by atoms with Crippen LogP contribution in [-0.2, 0) is 5.41 Å². The van der Waals surface area contributed by atoms with Crippen LogP contribution < -0.4 is 16.2 Å². The molecule has 3 N–H and O–H groups in total. The maximum atomic E-state index is 13.9. The fourth-order valence-corrected chi connectivity index (χ4v) is 4.83. The van der Waals surface area contributed by atoms with E-state index in [1.54, 1.807) is 76.2 Å². The van der Waals surface area contributed by atoms with Crippen molar-refractivity contribution in [2.75, 3.05) is 10.6 Å². The number of halogens is 1. The van der Waals surface area contributed by atoms with Crippen LogP contribution in [0.15, 0.2) is 57.8 Å². The average Bonchev–Trinajstić information content (AvgIpc) is 3.31. The molecule has 41 heavy (non-hydrogen) atoms. The zero-order chi connectivity index (χ0) is 30.3. The summed E-state index contributed by atoms with van der Waals surface area (Å²) in [6.07, 6.45) is -1.16. The van der Waals surface area contributed by atoms with Gasteiger partial charge in [0, 0.05) is 22.7 Å². The summed E-state index contributed by atoms with van der Waals surface area (Å²) in [5.41, 5.74) is -0.474. The van der Waals surface area contributed by atoms with E-state index < -0.39 is 29.3 Å². The van der Waals surface area contributed by atoms with E-state index in [-0.39, 0.29) is 27.5 Å². The van der Waals surface area contributed by atoms with Gasteiger partial charge in [0.2, 0.25) is 0 Å². The smallest absolute Gasteiger partial charge is 0.408 e. The summed E-state index contributed by atoms with van der Waals surface area (Å²) in [7, 11) is 0. The average molecular weight is 581 g/mol. The quantitative estimate of drug-likeness (QED) is 0.235. The molecular weight excluding hydrogens is 548 g/mol. The molecule has 1 atom stereocenters. The fraction of sp³-hybridized carbons (Fsp3) is 0.345. The third-order valence-electron chi connectivity index (χ3n) is 6.42. The molecule has 2 aromatic carbocycles. The number of rotatable bonds is 5. The molecule has 0 aliphatic heterocycles. The van der Waals surface area contributed by atoms with E-state index >= 15 is 0 Å². The van der Waals surface area contributed by atoms with Gasteiger partial charge in [0.25, 0.3) is 5.56 Å². The first-order valence-corrected chi connectivity index (χ1v) is 13.3. The molecule has 0 unspecified atom stereocenters. The summed E-state index contributed by atoms with van der Waals surface area (Å²) < 4.78 is 6.65. The fourth-order valence-electron chi connectivity index (χ4n) is 4.57. The summed E-state index contributed by atoms with van der Waals surface area (Å²) in [6, 6.07) is 11.8. The standard InChI is InChI=1S/C29H33ClN6O5/c1-16(36(27(39)40)29(5,6)7)24-32-20-13-9-12-19(30)23(20)25(37)35(24)18-11-8-10-17(14-18)31-26(38)33-22-15-21(41-34-22)28(2,3)4/h8-16H,1-7H3,(H,39,40)(H2,31,33,34,38)/t16-/m0/s1. The molecule has 2 aromatic heterocycles. The number of benzene rings is 2. The lowest BCUT2D eigenvalue weighted by atomic mass is 9.93. The largest absolute Gasteiger partial charge is 0.465 e. The van der Waals surface area contributed by atoms with Crippen molar-refractivity contribution < 1.29 is 19.2 Å². The summed E-state index contributed by atoms with van der Waals surface area (Å²) in [5.74, 6) is 1.06. The van der Waals surface area contributed by atoms with Crippen LogP contribution in [0.4, 0.5) is 21.1 Å². The number of amides is 3. The lowest BCUT2D eigenvalue weighted by Crippen LogP contribution is -2.47. The highest BCUT2D eigenvalue weighted by Crippen LogP contribution is 2.30. The molecule has 3 amide bonds. The van der Waals surface area contributed by atoms with E-state index in [0.717, 1.165) is 0 Å². The van der Waals surface area contributed by atoms with Crippen molar-refractivity contribution in [3.63, 3.8) is 0 Å². The number of nitrogens with one attached hydrogen (secondary N) is 2. The number of nitrogens with zero attached hydrogens (tertiary/aromatic N) is 4. The molecule has 0 saturated carbocycles. The molecule has 0 radical (unpaired) electrons. The van der Waals surface area contributed by atoms with E-state index in [2.05, 4.69) is 15.8 Å². The molecule has 0 saturated heterocycles. The lowest BCUT2D eigenvalue weighted by molar-refractivity contribution is 0.0719. The van der Waals surface area contributed by atoms with Crippen molar-refractivity contribution in [2.24, 2.45) is 0 Å². The summed E-state index contributed by atoms with van der Waals surface area (Å²) >= 11 is 6.41. The predicted octanol–water partition coefficient (Wildman–Crippen LogP) is 6.81. The highest BCUT2D eigenvalue weighted by atomic mass is 35.5. The second-order valence-corrected chi connectivity index (χ2v) is 12.1. The van der Waals surface area contributed by atoms with Crippen molar-refractivity contribution >= 4 is 46.1 Å². The Kier molecular flexibility index (Phi) is 7.86. The van der Waals surface area contributed by atoms with Gasteiger partial charge in [-0.15, -0.1) is 0 Å². The molecule has 4 rings (SSSR count). The first kappa shape index (κ1) is 29.6. The normalized spacial score (nSPS) is 12.7. The molecule has 0 aliphatic carbocycles. The molecule has 12 heteroatoms. The van der Waals surface area contributed by atoms with Crippen LogP contribution in [0.2, 0.25) is 5.02 Å². The SMILES string of the molecule is C[C@@H](c1nc2cccc(Cl)c2c(=O)n1-c1cccc(NC(=O)Nc2cc(C(C)(C)C)on2)c1)N(C(=O)O)C(C)(C)C. The van der Waals surface area contributed by atoms with Gasteiger partial charge >= 0.3 is 12.1 Å². The van der Waals surface area contributed by atoms with Crippen molar-refractivity contribution in [1.82, 2.24) is 19.6 Å². The monoisotopic (exact) mass is 580 g/mol. The first-order chi connectivity index (χ1) is 19.1. The number of hydrogen-bond donors (Lipinski definition) is 3. The summed E-state index contributed by atoms with van der Waals surface area (Å²) in [5, 5.41) is 19.7. The van der Waals surface area contributed by atoms with Gasteiger partial charge in [-0.3, -0.25) is 19.6 Å². The van der Waals surface area contributed by atoms with Gasteiger partial charge in [-0.25, -0.2) is 14.6 Å². The van der Waals surface area contributed by atoms with Gasteiger partial charge in [0.15, 0.2) is 5.82 Å². The molecule has 4 aromatic rings. The van der Waals surface area contributed by atoms with Crippen LogP contribution >= 0.6 is 11.6 Å². The Morgan fingerprint density at radius 3 is 2.34 bits per heavy atom. The molecule has 0 fully saturated rings. The van der Waals surface area contributed by atoms with E-state index in [4.69, 9.17) is 21.1 Å². The Morgan fingerprint density at radius 1 is 1.05 bits per heavy atom. The minimum absolute atomic E-state index is 0.194. The lowest BCUT2D eigenvalue weighted by Gasteiger charge is -2.38. The van der Waals surface area contributed by atoms with Crippen LogP contribution in [0.5, 0.6) is 0 Å². The number of hydrogen-bond acceptors (Lipinski definition) is 6.